The Hall–Kier alpha value is -2.11. The summed E-state index contributed by atoms with van der Waals surface area (Å²) in [6.45, 7) is 1.38. The lowest BCUT2D eigenvalue weighted by atomic mass is 9.70. The zero-order valence-corrected chi connectivity index (χ0v) is 20.4. The monoisotopic (exact) mass is 529 g/mol. The number of carbonyl (C=O) groups excluding carboxylic acids is 1. The molecule has 7 nitrogen and oxygen atoms in total. The van der Waals surface area contributed by atoms with Crippen LogP contribution < -0.4 is 5.32 Å². The summed E-state index contributed by atoms with van der Waals surface area (Å²) in [4.78, 5) is 12.4. The summed E-state index contributed by atoms with van der Waals surface area (Å²) in [6, 6.07) is 6.57. The Bertz CT molecular complexity index is 1240. The number of aliphatic hydroxyl groups excluding tert-OH is 2. The molecule has 2 aromatic rings. The minimum atomic E-state index is -4.03. The first-order valence-corrected chi connectivity index (χ1v) is 13.2. The van der Waals surface area contributed by atoms with Crippen LogP contribution in [0.25, 0.3) is 0 Å². The van der Waals surface area contributed by atoms with Crippen LogP contribution in [0.3, 0.4) is 0 Å². The summed E-state index contributed by atoms with van der Waals surface area (Å²) in [5.74, 6) is -4.00. The molecule has 2 aliphatic carbocycles. The molecular formula is C24H26ClF2NO6S. The fraction of sp³-hybridized carbons (Fsp3) is 0.458. The lowest BCUT2D eigenvalue weighted by Gasteiger charge is -2.46. The molecule has 35 heavy (non-hydrogen) atoms. The number of halogens is 3. The molecule has 0 spiro atoms. The number of hydrogen-bond donors (Lipinski definition) is 4. The van der Waals surface area contributed by atoms with Gasteiger partial charge in [-0.3, -0.25) is 4.79 Å². The average Bonchev–Trinajstić information content (AvgIpc) is 2.97. The van der Waals surface area contributed by atoms with Crippen molar-refractivity contribution in [3.63, 3.8) is 0 Å². The van der Waals surface area contributed by atoms with Crippen LogP contribution in [0, 0.1) is 23.5 Å². The molecule has 5 unspecified atom stereocenters. The van der Waals surface area contributed by atoms with Gasteiger partial charge in [0.2, 0.25) is 0 Å². The fourth-order valence-corrected chi connectivity index (χ4v) is 7.89. The van der Waals surface area contributed by atoms with Crippen molar-refractivity contribution in [2.24, 2.45) is 11.8 Å². The second kappa shape index (κ2) is 9.40. The summed E-state index contributed by atoms with van der Waals surface area (Å²) in [5, 5.41) is 32.9. The van der Waals surface area contributed by atoms with E-state index in [1.165, 1.54) is 25.1 Å². The summed E-state index contributed by atoms with van der Waals surface area (Å²) in [7, 11) is -4.03. The van der Waals surface area contributed by atoms with Gasteiger partial charge in [-0.15, -0.1) is 0 Å². The molecule has 0 aliphatic heterocycles. The molecule has 11 heteroatoms. The predicted octanol–water partition coefficient (Wildman–Crippen LogP) is 3.31. The van der Waals surface area contributed by atoms with Crippen LogP contribution in [0.1, 0.15) is 43.0 Å². The van der Waals surface area contributed by atoms with E-state index < -0.39 is 62.3 Å². The number of amides is 1. The molecule has 6 atom stereocenters. The number of aliphatic hydroxyl groups is 3. The zero-order valence-electron chi connectivity index (χ0n) is 18.8. The van der Waals surface area contributed by atoms with Crippen molar-refractivity contribution in [1.82, 2.24) is 0 Å². The first kappa shape index (κ1) is 26.0. The Balaban J connectivity index is 1.59. The van der Waals surface area contributed by atoms with Gasteiger partial charge in [0, 0.05) is 17.3 Å². The maximum absolute atomic E-state index is 13.6. The molecule has 0 saturated heterocycles. The van der Waals surface area contributed by atoms with Gasteiger partial charge in [-0.2, -0.15) is 0 Å². The molecule has 0 radical (unpaired) electrons. The number of anilines is 1. The number of nitrogens with one attached hydrogen (secondary N) is 1. The van der Waals surface area contributed by atoms with Gasteiger partial charge in [0.25, 0.3) is 5.91 Å². The molecule has 2 bridgehead atoms. The van der Waals surface area contributed by atoms with E-state index in [0.29, 0.717) is 12.8 Å². The summed E-state index contributed by atoms with van der Waals surface area (Å²) >= 11 is 6.21. The summed E-state index contributed by atoms with van der Waals surface area (Å²) in [5.41, 5.74) is -1.62. The molecule has 1 amide bonds. The van der Waals surface area contributed by atoms with E-state index in [1.54, 1.807) is 0 Å². The Kier molecular flexibility index (Phi) is 6.98. The Morgan fingerprint density at radius 3 is 2.29 bits per heavy atom. The molecule has 4 N–H and O–H groups in total. The van der Waals surface area contributed by atoms with Crippen LogP contribution >= 0.6 is 11.6 Å². The van der Waals surface area contributed by atoms with Crippen molar-refractivity contribution in [1.29, 1.82) is 0 Å². The maximum atomic E-state index is 13.6. The van der Waals surface area contributed by atoms with Gasteiger partial charge < -0.3 is 20.6 Å². The number of sulfone groups is 1. The van der Waals surface area contributed by atoms with Crippen molar-refractivity contribution < 1.29 is 37.3 Å². The van der Waals surface area contributed by atoms with E-state index >= 15 is 0 Å². The largest absolute Gasteiger partial charge is 0.391 e. The van der Waals surface area contributed by atoms with Crippen molar-refractivity contribution in [2.75, 3.05) is 5.32 Å². The highest BCUT2D eigenvalue weighted by molar-refractivity contribution is 7.92. The number of fused-ring (bicyclic) bond motifs is 2. The highest BCUT2D eigenvalue weighted by Crippen LogP contribution is 2.54. The van der Waals surface area contributed by atoms with Gasteiger partial charge in [-0.1, -0.05) is 11.6 Å². The van der Waals surface area contributed by atoms with Gasteiger partial charge in [0.15, 0.2) is 21.5 Å². The van der Waals surface area contributed by atoms with Crippen LogP contribution in [0.4, 0.5) is 14.5 Å². The minimum Gasteiger partial charge on any atom is -0.391 e. The highest BCUT2D eigenvalue weighted by atomic mass is 35.5. The third-order valence-electron chi connectivity index (χ3n) is 7.31. The van der Waals surface area contributed by atoms with Crippen molar-refractivity contribution >= 4 is 33.0 Å². The van der Waals surface area contributed by atoms with E-state index in [2.05, 4.69) is 5.32 Å². The van der Waals surface area contributed by atoms with Crippen molar-refractivity contribution in [2.45, 2.75) is 60.6 Å². The third kappa shape index (κ3) is 4.58. The minimum absolute atomic E-state index is 0.00642. The van der Waals surface area contributed by atoms with E-state index in [-0.39, 0.29) is 34.0 Å². The lowest BCUT2D eigenvalue weighted by molar-refractivity contribution is -0.172. The first-order valence-electron chi connectivity index (χ1n) is 11.2. The SMILES string of the molecule is CC(O)C(O)C1(O)C2CC[C@H]1CC(S(=O)(=O)c1cc(C(=O)Nc3ccc(F)c(F)c3)ccc1Cl)C2. The van der Waals surface area contributed by atoms with Gasteiger partial charge in [0.1, 0.15) is 6.10 Å². The lowest BCUT2D eigenvalue weighted by Crippen LogP contribution is -2.58. The first-order chi connectivity index (χ1) is 16.4. The fourth-order valence-electron chi connectivity index (χ4n) is 5.48. The van der Waals surface area contributed by atoms with Crippen LogP contribution in [0.5, 0.6) is 0 Å². The van der Waals surface area contributed by atoms with Crippen molar-refractivity contribution in [3.8, 4) is 0 Å². The van der Waals surface area contributed by atoms with Crippen LogP contribution in [-0.4, -0.2) is 52.7 Å². The summed E-state index contributed by atoms with van der Waals surface area (Å²) in [6.07, 6.45) is -1.39. The average molecular weight is 530 g/mol. The quantitative estimate of drug-likeness (QED) is 0.455. The van der Waals surface area contributed by atoms with Gasteiger partial charge in [0.05, 0.1) is 26.9 Å². The molecule has 0 heterocycles. The molecule has 2 aromatic carbocycles. The van der Waals surface area contributed by atoms with Crippen LogP contribution in [0.2, 0.25) is 5.02 Å². The molecule has 2 saturated carbocycles. The second-order valence-electron chi connectivity index (χ2n) is 9.41. The maximum Gasteiger partial charge on any atom is 0.255 e. The number of benzene rings is 2. The van der Waals surface area contributed by atoms with Crippen molar-refractivity contribution in [3.05, 3.63) is 58.6 Å². The van der Waals surface area contributed by atoms with E-state index in [9.17, 15) is 37.3 Å². The molecule has 2 fully saturated rings. The predicted molar refractivity (Wildman–Crippen MR) is 125 cm³/mol. The molecule has 190 valence electrons. The topological polar surface area (TPSA) is 124 Å². The molecule has 4 rings (SSSR count). The number of hydrogen-bond acceptors (Lipinski definition) is 6. The Morgan fingerprint density at radius 1 is 1.09 bits per heavy atom. The second-order valence-corrected chi connectivity index (χ2v) is 12.0. The van der Waals surface area contributed by atoms with Gasteiger partial charge in [-0.05, 0) is 74.8 Å². The third-order valence-corrected chi connectivity index (χ3v) is 9.97. The van der Waals surface area contributed by atoms with Gasteiger partial charge >= 0.3 is 0 Å². The van der Waals surface area contributed by atoms with Gasteiger partial charge in [-0.25, -0.2) is 17.2 Å². The summed E-state index contributed by atoms with van der Waals surface area (Å²) < 4.78 is 53.7. The Labute approximate surface area is 206 Å². The molecular weight excluding hydrogens is 504 g/mol. The smallest absolute Gasteiger partial charge is 0.255 e. The molecule has 2 aliphatic rings. The Morgan fingerprint density at radius 2 is 1.71 bits per heavy atom. The number of rotatable bonds is 6. The van der Waals surface area contributed by atoms with Crippen LogP contribution in [-0.2, 0) is 9.84 Å². The van der Waals surface area contributed by atoms with E-state index in [0.717, 1.165) is 18.2 Å². The van der Waals surface area contributed by atoms with Crippen LogP contribution in [0.15, 0.2) is 41.3 Å². The number of carbonyl (C=O) groups is 1. The highest BCUT2D eigenvalue weighted by Gasteiger charge is 2.59. The van der Waals surface area contributed by atoms with E-state index in [1.807, 2.05) is 0 Å². The molecule has 0 aromatic heterocycles. The standard InChI is InChI=1S/C24H26ClF2NO6S/c1-12(29)22(30)24(32)14-3-4-15(24)10-17(9-14)35(33,34)21-8-13(2-6-18(21)25)23(31)28-16-5-7-19(26)20(27)11-16/h2,5-8,11-12,14-15,17,22,29-30,32H,3-4,9-10H2,1H3,(H,28,31)/t12?,14-,15?,17?,22?,24?/m0/s1. The zero-order chi connectivity index (χ0) is 25.7. The van der Waals surface area contributed by atoms with E-state index in [4.69, 9.17) is 11.6 Å². The normalized spacial score (nSPS) is 27.9.